The van der Waals surface area contributed by atoms with Crippen molar-refractivity contribution in [1.82, 2.24) is 5.32 Å². The highest BCUT2D eigenvalue weighted by molar-refractivity contribution is 6.48. The Bertz CT molecular complexity index is 1010. The van der Waals surface area contributed by atoms with Crippen molar-refractivity contribution in [3.05, 3.63) is 70.8 Å². The minimum absolute atomic E-state index is 0.213. The van der Waals surface area contributed by atoms with Crippen LogP contribution in [0, 0.1) is 0 Å². The third-order valence-electron chi connectivity index (χ3n) is 4.08. The minimum atomic E-state index is -4.50. The van der Waals surface area contributed by atoms with Gasteiger partial charge in [0, 0.05) is 17.3 Å². The second kappa shape index (κ2) is 11.3. The number of oxime groups is 2. The third-order valence-corrected chi connectivity index (χ3v) is 4.33. The summed E-state index contributed by atoms with van der Waals surface area (Å²) in [6.45, 7) is 1.60. The first-order valence-electron chi connectivity index (χ1n) is 9.14. The maximum atomic E-state index is 13.0. The van der Waals surface area contributed by atoms with Gasteiger partial charge in [0.05, 0.1) is 5.56 Å². The third kappa shape index (κ3) is 6.30. The van der Waals surface area contributed by atoms with Crippen LogP contribution in [0.4, 0.5) is 13.2 Å². The molecule has 0 aliphatic heterocycles. The van der Waals surface area contributed by atoms with Crippen LogP contribution >= 0.6 is 11.6 Å². The molecule has 1 atom stereocenters. The van der Waals surface area contributed by atoms with Crippen LogP contribution in [0.25, 0.3) is 0 Å². The highest BCUT2D eigenvalue weighted by Crippen LogP contribution is 2.33. The Morgan fingerprint density at radius 3 is 2.38 bits per heavy atom. The Morgan fingerprint density at radius 2 is 1.81 bits per heavy atom. The van der Waals surface area contributed by atoms with E-state index in [0.29, 0.717) is 11.1 Å². The molecule has 2 aromatic rings. The molecular weight excluding hydrogens is 451 g/mol. The number of alkyl halides is 4. The van der Waals surface area contributed by atoms with Gasteiger partial charge < -0.3 is 9.68 Å². The van der Waals surface area contributed by atoms with Crippen molar-refractivity contribution < 1.29 is 32.4 Å². The quantitative estimate of drug-likeness (QED) is 0.359. The van der Waals surface area contributed by atoms with E-state index in [1.54, 1.807) is 25.1 Å². The van der Waals surface area contributed by atoms with E-state index >= 15 is 0 Å². The highest BCUT2D eigenvalue weighted by atomic mass is 35.5. The maximum absolute atomic E-state index is 13.0. The molecule has 1 unspecified atom stereocenters. The van der Waals surface area contributed by atoms with E-state index < -0.39 is 35.5 Å². The van der Waals surface area contributed by atoms with Crippen molar-refractivity contribution in [2.45, 2.75) is 19.2 Å². The highest BCUT2D eigenvalue weighted by Gasteiger charge is 2.31. The number of rotatable bonds is 8. The van der Waals surface area contributed by atoms with E-state index in [2.05, 4.69) is 15.6 Å². The maximum Gasteiger partial charge on any atom is 0.416 e. The summed E-state index contributed by atoms with van der Waals surface area (Å²) >= 11 is 5.44. The monoisotopic (exact) mass is 469 g/mol. The van der Waals surface area contributed by atoms with E-state index in [1.807, 2.05) is 0 Å². The molecule has 0 heterocycles. The largest absolute Gasteiger partial charge is 0.416 e. The Morgan fingerprint density at radius 1 is 1.16 bits per heavy atom. The van der Waals surface area contributed by atoms with Crippen LogP contribution in [0.2, 0.25) is 0 Å². The van der Waals surface area contributed by atoms with Gasteiger partial charge in [-0.3, -0.25) is 14.9 Å². The van der Waals surface area contributed by atoms with Crippen LogP contribution in [0.1, 0.15) is 35.3 Å². The number of nitrogens with zero attached hydrogens (tertiary/aromatic N) is 2. The van der Waals surface area contributed by atoms with E-state index in [4.69, 9.17) is 21.3 Å². The van der Waals surface area contributed by atoms with Crippen LogP contribution in [-0.2, 0) is 25.4 Å². The second-order valence-corrected chi connectivity index (χ2v) is 6.46. The number of nitrogens with one attached hydrogen (secondary N) is 1. The molecule has 0 bridgehead atoms. The molecule has 11 heteroatoms. The number of hydrogen-bond acceptors (Lipinski definition) is 6. The van der Waals surface area contributed by atoms with Crippen LogP contribution < -0.4 is 5.32 Å². The van der Waals surface area contributed by atoms with Crippen molar-refractivity contribution >= 4 is 35.3 Å². The average molecular weight is 470 g/mol. The number of halogens is 4. The summed E-state index contributed by atoms with van der Waals surface area (Å²) in [6.07, 6.45) is -4.14. The topological polar surface area (TPSA) is 89.3 Å². The molecule has 0 spiro atoms. The standard InChI is InChI=1S/C21H19ClF3N3O4/c1-3-26-32-19(13-8-10-14(11-9-13)21(23,24)25)16-7-5-4-6-15(16)18(28-31-2)20(30)27-17(29)12-22/h3-11,19H,12H2,1-2H3,(H,27,29,30). The molecule has 0 aliphatic carbocycles. The van der Waals surface area contributed by atoms with E-state index in [-0.39, 0.29) is 11.3 Å². The Labute approximate surface area is 186 Å². The van der Waals surface area contributed by atoms with E-state index in [1.165, 1.54) is 31.5 Å². The van der Waals surface area contributed by atoms with Crippen molar-refractivity contribution in [3.8, 4) is 0 Å². The molecule has 2 aromatic carbocycles. The van der Waals surface area contributed by atoms with Crippen LogP contribution in [0.3, 0.4) is 0 Å². The Balaban J connectivity index is 2.57. The first kappa shape index (κ1) is 24.9. The van der Waals surface area contributed by atoms with Gasteiger partial charge in [0.1, 0.15) is 13.0 Å². The van der Waals surface area contributed by atoms with Gasteiger partial charge in [0.2, 0.25) is 5.91 Å². The van der Waals surface area contributed by atoms with Gasteiger partial charge in [-0.2, -0.15) is 13.2 Å². The van der Waals surface area contributed by atoms with Crippen molar-refractivity contribution in [1.29, 1.82) is 0 Å². The number of benzene rings is 2. The lowest BCUT2D eigenvalue weighted by Gasteiger charge is -2.20. The van der Waals surface area contributed by atoms with Gasteiger partial charge in [-0.25, -0.2) is 0 Å². The fourth-order valence-electron chi connectivity index (χ4n) is 2.73. The van der Waals surface area contributed by atoms with Gasteiger partial charge >= 0.3 is 6.18 Å². The molecule has 2 amide bonds. The molecule has 170 valence electrons. The lowest BCUT2D eigenvalue weighted by molar-refractivity contribution is -0.137. The van der Waals surface area contributed by atoms with Gasteiger partial charge in [0.15, 0.2) is 11.8 Å². The van der Waals surface area contributed by atoms with Crippen LogP contribution in [0.15, 0.2) is 58.8 Å². The van der Waals surface area contributed by atoms with Crippen LogP contribution in [-0.4, -0.2) is 36.7 Å². The van der Waals surface area contributed by atoms with Crippen LogP contribution in [0.5, 0.6) is 0 Å². The number of amides is 2. The normalized spacial score (nSPS) is 13.0. The van der Waals surface area contributed by atoms with Gasteiger partial charge in [-0.1, -0.05) is 46.7 Å². The molecule has 0 saturated heterocycles. The second-order valence-electron chi connectivity index (χ2n) is 6.19. The zero-order chi connectivity index (χ0) is 23.7. The molecule has 0 fully saturated rings. The molecule has 0 aromatic heterocycles. The van der Waals surface area contributed by atoms with E-state index in [9.17, 15) is 22.8 Å². The summed E-state index contributed by atoms with van der Waals surface area (Å²) in [5.74, 6) is -2.07. The first-order valence-corrected chi connectivity index (χ1v) is 9.67. The molecule has 2 rings (SSSR count). The SMILES string of the molecule is CC=NOC(c1ccc(C(F)(F)F)cc1)c1ccccc1C(=NOC)C(=O)NC(=O)CCl. The fraction of sp³-hybridized carbons (Fsp3) is 0.238. The molecule has 7 nitrogen and oxygen atoms in total. The predicted molar refractivity (Wildman–Crippen MR) is 112 cm³/mol. The lowest BCUT2D eigenvalue weighted by atomic mass is 9.93. The summed E-state index contributed by atoms with van der Waals surface area (Å²) in [4.78, 5) is 34.4. The smallest absolute Gasteiger partial charge is 0.398 e. The first-order chi connectivity index (χ1) is 15.2. The molecular formula is C21H19ClF3N3O4. The zero-order valence-electron chi connectivity index (χ0n) is 17.0. The molecule has 0 saturated carbocycles. The number of carbonyl (C=O) groups excluding carboxylic acids is 2. The lowest BCUT2D eigenvalue weighted by Crippen LogP contribution is -2.37. The molecule has 0 radical (unpaired) electrons. The zero-order valence-corrected chi connectivity index (χ0v) is 17.8. The van der Waals surface area contributed by atoms with Gasteiger partial charge in [-0.15, -0.1) is 11.6 Å². The number of hydrogen-bond donors (Lipinski definition) is 1. The summed E-state index contributed by atoms with van der Waals surface area (Å²) in [6, 6.07) is 10.7. The summed E-state index contributed by atoms with van der Waals surface area (Å²) in [7, 11) is 1.21. The molecule has 1 N–H and O–H groups in total. The predicted octanol–water partition coefficient (Wildman–Crippen LogP) is 4.05. The summed E-state index contributed by atoms with van der Waals surface area (Å²) in [5, 5.41) is 9.54. The molecule has 32 heavy (non-hydrogen) atoms. The number of carbonyl (C=O) groups is 2. The van der Waals surface area contributed by atoms with Gasteiger partial charge in [0.25, 0.3) is 5.91 Å². The average Bonchev–Trinajstić information content (AvgIpc) is 2.77. The van der Waals surface area contributed by atoms with Crippen molar-refractivity contribution in [2.24, 2.45) is 10.3 Å². The number of imide groups is 1. The Kier molecular flexibility index (Phi) is 8.77. The summed E-state index contributed by atoms with van der Waals surface area (Å²) < 4.78 is 38.9. The van der Waals surface area contributed by atoms with Gasteiger partial charge in [-0.05, 0) is 24.6 Å². The minimum Gasteiger partial charge on any atom is -0.398 e. The van der Waals surface area contributed by atoms with Crippen molar-refractivity contribution in [2.75, 3.05) is 13.0 Å². The molecule has 0 aliphatic rings. The summed E-state index contributed by atoms with van der Waals surface area (Å²) in [5.41, 5.74) is -0.187. The fourth-order valence-corrected chi connectivity index (χ4v) is 2.80. The van der Waals surface area contributed by atoms with Crippen molar-refractivity contribution in [3.63, 3.8) is 0 Å². The Hall–Kier alpha value is -3.40. The van der Waals surface area contributed by atoms with E-state index in [0.717, 1.165) is 12.1 Å².